The van der Waals surface area contributed by atoms with Crippen molar-refractivity contribution in [1.29, 1.82) is 0 Å². The minimum absolute atomic E-state index is 0.154. The third-order valence-electron chi connectivity index (χ3n) is 3.33. The molecule has 0 bridgehead atoms. The number of aromatic nitrogens is 2. The van der Waals surface area contributed by atoms with Crippen LogP contribution in [0.3, 0.4) is 0 Å². The number of anilines is 1. The van der Waals surface area contributed by atoms with Crippen LogP contribution in [0.5, 0.6) is 0 Å². The summed E-state index contributed by atoms with van der Waals surface area (Å²) in [5, 5.41) is 11.9. The van der Waals surface area contributed by atoms with Crippen molar-refractivity contribution in [2.45, 2.75) is 19.0 Å². The number of fused-ring (bicyclic) bond motifs is 1. The van der Waals surface area contributed by atoms with Crippen LogP contribution in [0, 0.1) is 0 Å². The molecule has 0 spiro atoms. The summed E-state index contributed by atoms with van der Waals surface area (Å²) in [6.07, 6.45) is 0.644. The van der Waals surface area contributed by atoms with Gasteiger partial charge in [-0.25, -0.2) is 5.10 Å². The van der Waals surface area contributed by atoms with E-state index in [0.29, 0.717) is 18.8 Å². The molecular formula is C14H14N4O2. The van der Waals surface area contributed by atoms with Crippen molar-refractivity contribution < 1.29 is 4.79 Å². The Kier molecular flexibility index (Phi) is 3.30. The molecule has 1 amide bonds. The van der Waals surface area contributed by atoms with Crippen molar-refractivity contribution in [2.24, 2.45) is 0 Å². The molecule has 0 fully saturated rings. The van der Waals surface area contributed by atoms with Crippen molar-refractivity contribution in [3.8, 4) is 0 Å². The first-order valence-electron chi connectivity index (χ1n) is 6.39. The molecule has 0 saturated heterocycles. The van der Waals surface area contributed by atoms with Crippen LogP contribution in [0.2, 0.25) is 0 Å². The van der Waals surface area contributed by atoms with E-state index in [4.69, 9.17) is 0 Å². The first-order valence-corrected chi connectivity index (χ1v) is 6.39. The van der Waals surface area contributed by atoms with Gasteiger partial charge in [0.2, 0.25) is 5.91 Å². The summed E-state index contributed by atoms with van der Waals surface area (Å²) in [5.41, 5.74) is 2.10. The largest absolute Gasteiger partial charge is 0.308 e. The molecule has 20 heavy (non-hydrogen) atoms. The molecular weight excluding hydrogens is 256 g/mol. The van der Waals surface area contributed by atoms with Gasteiger partial charge in [0.1, 0.15) is 0 Å². The van der Waals surface area contributed by atoms with Crippen molar-refractivity contribution in [3.63, 3.8) is 0 Å². The van der Waals surface area contributed by atoms with E-state index in [0.717, 1.165) is 0 Å². The monoisotopic (exact) mass is 270 g/mol. The summed E-state index contributed by atoms with van der Waals surface area (Å²) in [6.45, 7) is 0.674. The Hall–Kier alpha value is -2.47. The van der Waals surface area contributed by atoms with Gasteiger partial charge in [-0.1, -0.05) is 24.3 Å². The first-order chi connectivity index (χ1) is 9.72. The molecule has 1 aliphatic rings. The van der Waals surface area contributed by atoms with Crippen LogP contribution >= 0.6 is 0 Å². The number of hydrogen-bond acceptors (Lipinski definition) is 4. The molecule has 6 nitrogen and oxygen atoms in total. The number of aromatic amines is 1. The summed E-state index contributed by atoms with van der Waals surface area (Å²) >= 11 is 0. The van der Waals surface area contributed by atoms with E-state index in [9.17, 15) is 9.59 Å². The second-order valence-corrected chi connectivity index (χ2v) is 4.70. The predicted molar refractivity (Wildman–Crippen MR) is 74.3 cm³/mol. The number of hydrogen-bond donors (Lipinski definition) is 3. The van der Waals surface area contributed by atoms with Gasteiger partial charge in [0.05, 0.1) is 6.04 Å². The van der Waals surface area contributed by atoms with Crippen molar-refractivity contribution >= 4 is 11.7 Å². The minimum Gasteiger partial charge on any atom is -0.308 e. The molecule has 2 heterocycles. The Morgan fingerprint density at radius 1 is 1.20 bits per heavy atom. The quantitative estimate of drug-likeness (QED) is 0.738. The number of carbonyl (C=O) groups excluding carboxylic acids is 1. The van der Waals surface area contributed by atoms with Crippen LogP contribution in [0.25, 0.3) is 0 Å². The summed E-state index contributed by atoms with van der Waals surface area (Å²) < 4.78 is 0. The molecule has 0 saturated carbocycles. The lowest BCUT2D eigenvalue weighted by molar-refractivity contribution is -0.118. The normalized spacial score (nSPS) is 17.3. The van der Waals surface area contributed by atoms with Crippen LogP contribution in [0.4, 0.5) is 5.82 Å². The van der Waals surface area contributed by atoms with Gasteiger partial charge >= 0.3 is 0 Å². The average molecular weight is 270 g/mol. The summed E-state index contributed by atoms with van der Waals surface area (Å²) in [7, 11) is 0. The first kappa shape index (κ1) is 12.6. The summed E-state index contributed by atoms with van der Waals surface area (Å²) in [5.74, 6) is 0.189. The highest BCUT2D eigenvalue weighted by molar-refractivity contribution is 5.94. The maximum atomic E-state index is 12.2. The number of nitrogens with zero attached hydrogens (tertiary/aromatic N) is 1. The van der Waals surface area contributed by atoms with E-state index in [1.54, 1.807) is 0 Å². The molecule has 1 aliphatic heterocycles. The number of rotatable bonds is 2. The average Bonchev–Trinajstić information content (AvgIpc) is 2.49. The van der Waals surface area contributed by atoms with E-state index in [1.807, 2.05) is 18.2 Å². The lowest BCUT2D eigenvalue weighted by atomic mass is 9.95. The van der Waals surface area contributed by atoms with Gasteiger partial charge in [0, 0.05) is 12.6 Å². The van der Waals surface area contributed by atoms with Gasteiger partial charge in [-0.15, -0.1) is 0 Å². The fraction of sp³-hybridized carbons (Fsp3) is 0.214. The van der Waals surface area contributed by atoms with Gasteiger partial charge in [0.15, 0.2) is 5.82 Å². The van der Waals surface area contributed by atoms with Crippen LogP contribution in [0.1, 0.15) is 11.1 Å². The Morgan fingerprint density at radius 2 is 2.00 bits per heavy atom. The number of benzene rings is 1. The molecule has 0 aliphatic carbocycles. The van der Waals surface area contributed by atoms with E-state index in [-0.39, 0.29) is 17.5 Å². The molecule has 1 aromatic carbocycles. The van der Waals surface area contributed by atoms with Crippen molar-refractivity contribution in [2.75, 3.05) is 5.32 Å². The van der Waals surface area contributed by atoms with Gasteiger partial charge in [-0.2, -0.15) is 5.10 Å². The lowest BCUT2D eigenvalue weighted by Gasteiger charge is -2.25. The number of amides is 1. The molecule has 1 aromatic heterocycles. The van der Waals surface area contributed by atoms with Gasteiger partial charge in [0.25, 0.3) is 5.56 Å². The molecule has 3 rings (SSSR count). The molecule has 1 atom stereocenters. The maximum absolute atomic E-state index is 12.2. The van der Waals surface area contributed by atoms with Crippen LogP contribution in [0.15, 0.2) is 41.2 Å². The van der Waals surface area contributed by atoms with Gasteiger partial charge in [-0.05, 0) is 23.6 Å². The smallest absolute Gasteiger partial charge is 0.264 e. The lowest BCUT2D eigenvalue weighted by Crippen LogP contribution is -2.44. The molecule has 102 valence electrons. The Balaban J connectivity index is 1.70. The Morgan fingerprint density at radius 3 is 2.75 bits per heavy atom. The standard InChI is InChI=1S/C14H14N4O2/c19-13-6-5-12(17-18-13)16-14(20)11-7-9-3-1-2-4-10(9)8-15-11/h1-6,11,15H,7-8H2,(H,18,19)(H,16,17,20)/t11-/m0/s1. The van der Waals surface area contributed by atoms with Crippen molar-refractivity contribution in [1.82, 2.24) is 15.5 Å². The van der Waals surface area contributed by atoms with E-state index < -0.39 is 0 Å². The van der Waals surface area contributed by atoms with E-state index in [2.05, 4.69) is 26.9 Å². The topological polar surface area (TPSA) is 86.9 Å². The highest BCUT2D eigenvalue weighted by Crippen LogP contribution is 2.16. The predicted octanol–water partition coefficient (Wildman–Crippen LogP) is 0.423. The Bertz CT molecular complexity index is 675. The van der Waals surface area contributed by atoms with Crippen molar-refractivity contribution in [3.05, 3.63) is 57.9 Å². The number of nitrogens with one attached hydrogen (secondary N) is 3. The third-order valence-corrected chi connectivity index (χ3v) is 3.33. The van der Waals surface area contributed by atoms with Crippen LogP contribution in [-0.4, -0.2) is 22.1 Å². The van der Waals surface area contributed by atoms with E-state index >= 15 is 0 Å². The second-order valence-electron chi connectivity index (χ2n) is 4.70. The maximum Gasteiger partial charge on any atom is 0.264 e. The zero-order chi connectivity index (χ0) is 13.9. The molecule has 0 unspecified atom stereocenters. The van der Waals surface area contributed by atoms with Gasteiger partial charge < -0.3 is 10.6 Å². The molecule has 6 heteroatoms. The summed E-state index contributed by atoms with van der Waals surface area (Å²) in [6, 6.07) is 10.6. The highest BCUT2D eigenvalue weighted by atomic mass is 16.2. The fourth-order valence-electron chi connectivity index (χ4n) is 2.27. The fourth-order valence-corrected chi connectivity index (χ4v) is 2.27. The van der Waals surface area contributed by atoms with Crippen LogP contribution in [-0.2, 0) is 17.8 Å². The highest BCUT2D eigenvalue weighted by Gasteiger charge is 2.24. The SMILES string of the molecule is O=C(Nc1ccc(=O)[nH]n1)[C@@H]1Cc2ccccc2CN1. The zero-order valence-corrected chi connectivity index (χ0v) is 10.7. The summed E-state index contributed by atoms with van der Waals surface area (Å²) in [4.78, 5) is 23.1. The van der Waals surface area contributed by atoms with Gasteiger partial charge in [-0.3, -0.25) is 9.59 Å². The molecule has 2 aromatic rings. The third kappa shape index (κ3) is 2.60. The zero-order valence-electron chi connectivity index (χ0n) is 10.7. The molecule has 0 radical (unpaired) electrons. The minimum atomic E-state index is -0.298. The Labute approximate surface area is 115 Å². The van der Waals surface area contributed by atoms with E-state index in [1.165, 1.54) is 23.3 Å². The number of H-pyrrole nitrogens is 1. The second kappa shape index (κ2) is 5.26. The molecule has 3 N–H and O–H groups in total. The number of carbonyl (C=O) groups is 1. The van der Waals surface area contributed by atoms with Crippen LogP contribution < -0.4 is 16.2 Å².